The molecule has 2 nitrogen and oxygen atoms in total. The molecule has 0 saturated carbocycles. The first-order valence-electron chi connectivity index (χ1n) is 5.57. The van der Waals surface area contributed by atoms with Crippen molar-refractivity contribution in [3.05, 3.63) is 36.3 Å². The van der Waals surface area contributed by atoms with Gasteiger partial charge in [0.25, 0.3) is 0 Å². The van der Waals surface area contributed by atoms with E-state index in [1.54, 1.807) is 6.33 Å². The number of nitrogens with zero attached hydrogens (tertiary/aromatic N) is 2. The van der Waals surface area contributed by atoms with Gasteiger partial charge in [0, 0.05) is 16.7 Å². The highest BCUT2D eigenvalue weighted by molar-refractivity contribution is 6.21. The first-order chi connectivity index (χ1) is 7.74. The second kappa shape index (κ2) is 4.79. The number of rotatable bonds is 3. The molecular formula is C13H15ClN2. The summed E-state index contributed by atoms with van der Waals surface area (Å²) in [6.45, 7) is 4.16. The van der Waals surface area contributed by atoms with Gasteiger partial charge in [-0.15, -0.1) is 11.6 Å². The number of hydrogen-bond acceptors (Lipinski definition) is 2. The van der Waals surface area contributed by atoms with E-state index in [0.717, 1.165) is 23.0 Å². The van der Waals surface area contributed by atoms with Crippen molar-refractivity contribution in [3.63, 3.8) is 0 Å². The fourth-order valence-corrected chi connectivity index (χ4v) is 2.35. The van der Waals surface area contributed by atoms with Gasteiger partial charge in [0.2, 0.25) is 0 Å². The van der Waals surface area contributed by atoms with Gasteiger partial charge in [0.1, 0.15) is 6.33 Å². The lowest BCUT2D eigenvalue weighted by atomic mass is 9.95. The van der Waals surface area contributed by atoms with E-state index >= 15 is 0 Å². The molecule has 3 heteroatoms. The summed E-state index contributed by atoms with van der Waals surface area (Å²) < 4.78 is 0. The largest absolute Gasteiger partial charge is 0.240 e. The molecule has 0 aliphatic carbocycles. The van der Waals surface area contributed by atoms with Crippen LogP contribution in [0.3, 0.4) is 0 Å². The van der Waals surface area contributed by atoms with Gasteiger partial charge in [-0.1, -0.05) is 25.1 Å². The van der Waals surface area contributed by atoms with Gasteiger partial charge in [-0.3, -0.25) is 0 Å². The van der Waals surface area contributed by atoms with Crippen molar-refractivity contribution >= 4 is 22.5 Å². The first kappa shape index (κ1) is 11.3. The summed E-state index contributed by atoms with van der Waals surface area (Å²) in [5, 5.41) is 1.20. The SMILES string of the molecule is CCC(c1ncnc2ccccc12)C(C)Cl. The van der Waals surface area contributed by atoms with Crippen LogP contribution >= 0.6 is 11.6 Å². The average Bonchev–Trinajstić information content (AvgIpc) is 2.30. The fraction of sp³-hybridized carbons (Fsp3) is 0.385. The van der Waals surface area contributed by atoms with Gasteiger partial charge in [0.15, 0.2) is 0 Å². The highest BCUT2D eigenvalue weighted by Gasteiger charge is 2.19. The van der Waals surface area contributed by atoms with Crippen molar-refractivity contribution in [2.45, 2.75) is 31.6 Å². The summed E-state index contributed by atoms with van der Waals surface area (Å²) in [6.07, 6.45) is 2.62. The van der Waals surface area contributed by atoms with Crippen molar-refractivity contribution in [2.75, 3.05) is 0 Å². The summed E-state index contributed by atoms with van der Waals surface area (Å²) in [5.41, 5.74) is 2.05. The summed E-state index contributed by atoms with van der Waals surface area (Å²) in [6, 6.07) is 8.07. The molecule has 0 radical (unpaired) electrons. The van der Waals surface area contributed by atoms with Crippen LogP contribution in [0.15, 0.2) is 30.6 Å². The van der Waals surface area contributed by atoms with E-state index < -0.39 is 0 Å². The van der Waals surface area contributed by atoms with Crippen LogP contribution in [-0.2, 0) is 0 Å². The number of fused-ring (bicyclic) bond motifs is 1. The Morgan fingerprint density at radius 3 is 2.69 bits per heavy atom. The Balaban J connectivity index is 2.59. The molecule has 16 heavy (non-hydrogen) atoms. The Labute approximate surface area is 101 Å². The lowest BCUT2D eigenvalue weighted by molar-refractivity contribution is 0.635. The lowest BCUT2D eigenvalue weighted by Crippen LogP contribution is -2.11. The van der Waals surface area contributed by atoms with E-state index in [1.165, 1.54) is 0 Å². The number of benzene rings is 1. The van der Waals surface area contributed by atoms with Crippen molar-refractivity contribution in [1.82, 2.24) is 9.97 Å². The van der Waals surface area contributed by atoms with Crippen LogP contribution in [0.4, 0.5) is 0 Å². The second-order valence-electron chi connectivity index (χ2n) is 3.97. The maximum atomic E-state index is 6.22. The molecule has 2 atom stereocenters. The summed E-state index contributed by atoms with van der Waals surface area (Å²) >= 11 is 6.22. The molecule has 0 saturated heterocycles. The quantitative estimate of drug-likeness (QED) is 0.756. The second-order valence-corrected chi connectivity index (χ2v) is 4.66. The molecule has 2 rings (SSSR count). The summed E-state index contributed by atoms with van der Waals surface area (Å²) in [7, 11) is 0. The Morgan fingerprint density at radius 1 is 1.25 bits per heavy atom. The minimum Gasteiger partial charge on any atom is -0.240 e. The monoisotopic (exact) mass is 234 g/mol. The predicted octanol–water partition coefficient (Wildman–Crippen LogP) is 3.75. The smallest absolute Gasteiger partial charge is 0.116 e. The van der Waals surface area contributed by atoms with E-state index in [-0.39, 0.29) is 11.3 Å². The molecule has 0 bridgehead atoms. The van der Waals surface area contributed by atoms with E-state index in [1.807, 2.05) is 25.1 Å². The van der Waals surface area contributed by atoms with Gasteiger partial charge >= 0.3 is 0 Å². The van der Waals surface area contributed by atoms with Gasteiger partial charge in [-0.05, 0) is 19.4 Å². The van der Waals surface area contributed by atoms with Gasteiger partial charge < -0.3 is 0 Å². The Bertz CT molecular complexity index is 477. The van der Waals surface area contributed by atoms with E-state index in [4.69, 9.17) is 11.6 Å². The standard InChI is InChI=1S/C13H15ClN2/c1-3-10(9(2)14)13-11-6-4-5-7-12(11)15-8-16-13/h4-10H,3H2,1-2H3. The highest BCUT2D eigenvalue weighted by atomic mass is 35.5. The topological polar surface area (TPSA) is 25.8 Å². The molecule has 0 fully saturated rings. The zero-order valence-corrected chi connectivity index (χ0v) is 10.3. The minimum absolute atomic E-state index is 0.0864. The van der Waals surface area contributed by atoms with Crippen LogP contribution in [0.1, 0.15) is 31.9 Å². The van der Waals surface area contributed by atoms with Gasteiger partial charge in [0.05, 0.1) is 11.2 Å². The summed E-state index contributed by atoms with van der Waals surface area (Å²) in [5.74, 6) is 0.287. The van der Waals surface area contributed by atoms with Crippen LogP contribution in [0.25, 0.3) is 10.9 Å². The van der Waals surface area contributed by atoms with Gasteiger partial charge in [-0.25, -0.2) is 9.97 Å². The average molecular weight is 235 g/mol. The van der Waals surface area contributed by atoms with Crippen molar-refractivity contribution in [3.8, 4) is 0 Å². The molecule has 84 valence electrons. The molecule has 0 N–H and O–H groups in total. The van der Waals surface area contributed by atoms with Crippen molar-refractivity contribution in [2.24, 2.45) is 0 Å². The first-order valence-corrected chi connectivity index (χ1v) is 6.01. The van der Waals surface area contributed by atoms with Crippen molar-refractivity contribution in [1.29, 1.82) is 0 Å². The van der Waals surface area contributed by atoms with E-state index in [2.05, 4.69) is 23.0 Å². The third-order valence-corrected chi connectivity index (χ3v) is 3.22. The molecule has 1 aromatic heterocycles. The highest BCUT2D eigenvalue weighted by Crippen LogP contribution is 2.29. The lowest BCUT2D eigenvalue weighted by Gasteiger charge is -2.18. The number of aromatic nitrogens is 2. The molecule has 1 aromatic carbocycles. The fourth-order valence-electron chi connectivity index (χ4n) is 2.06. The van der Waals surface area contributed by atoms with E-state index in [0.29, 0.717) is 0 Å². The predicted molar refractivity (Wildman–Crippen MR) is 67.9 cm³/mol. The normalized spacial score (nSPS) is 14.9. The van der Waals surface area contributed by atoms with Crippen LogP contribution in [0.2, 0.25) is 0 Å². The molecule has 0 spiro atoms. The zero-order chi connectivity index (χ0) is 11.5. The molecule has 2 unspecified atom stereocenters. The van der Waals surface area contributed by atoms with Crippen LogP contribution in [-0.4, -0.2) is 15.3 Å². The Kier molecular flexibility index (Phi) is 3.39. The molecule has 1 heterocycles. The van der Waals surface area contributed by atoms with Crippen molar-refractivity contribution < 1.29 is 0 Å². The summed E-state index contributed by atoms with van der Waals surface area (Å²) in [4.78, 5) is 8.67. The molecule has 0 aliphatic heterocycles. The number of halogens is 1. The number of alkyl halides is 1. The van der Waals surface area contributed by atoms with Crippen LogP contribution < -0.4 is 0 Å². The molecule has 0 amide bonds. The maximum Gasteiger partial charge on any atom is 0.116 e. The number of para-hydroxylation sites is 1. The Hall–Kier alpha value is -1.15. The third-order valence-electron chi connectivity index (χ3n) is 2.92. The minimum atomic E-state index is 0.0864. The molecule has 0 aliphatic rings. The number of hydrogen-bond donors (Lipinski definition) is 0. The molecule has 2 aromatic rings. The van der Waals surface area contributed by atoms with Crippen LogP contribution in [0, 0.1) is 0 Å². The van der Waals surface area contributed by atoms with E-state index in [9.17, 15) is 0 Å². The molecular weight excluding hydrogens is 220 g/mol. The maximum absolute atomic E-state index is 6.22. The van der Waals surface area contributed by atoms with Gasteiger partial charge in [-0.2, -0.15) is 0 Å². The zero-order valence-electron chi connectivity index (χ0n) is 9.52. The van der Waals surface area contributed by atoms with Crippen LogP contribution in [0.5, 0.6) is 0 Å². The third kappa shape index (κ3) is 2.03. The Morgan fingerprint density at radius 2 is 2.00 bits per heavy atom.